The maximum absolute atomic E-state index is 12.7. The number of hydrazone groups is 1. The van der Waals surface area contributed by atoms with E-state index in [1.54, 1.807) is 0 Å². The second kappa shape index (κ2) is 5.85. The van der Waals surface area contributed by atoms with Crippen LogP contribution < -0.4 is 5.43 Å². The number of rotatable bonds is 3. The third-order valence-corrected chi connectivity index (χ3v) is 6.11. The third-order valence-electron chi connectivity index (χ3n) is 6.11. The standard InChI is InChI=1S/C19H21F3N2O/c20-19(21,22)16-3-1-2-12(7-16)11-23-24-17(25)18-8-13-4-14(9-18)6-15(5-13)10-18/h1-3,7,11,13-15H,4-6,8-10H2,(H,24,25)/b23-11+. The number of alkyl halides is 3. The number of benzene rings is 1. The van der Waals surface area contributed by atoms with Gasteiger partial charge in [-0.25, -0.2) is 5.43 Å². The Balaban J connectivity index is 1.43. The van der Waals surface area contributed by atoms with Crippen LogP contribution in [-0.4, -0.2) is 12.1 Å². The lowest BCUT2D eigenvalue weighted by Crippen LogP contribution is -2.52. The summed E-state index contributed by atoms with van der Waals surface area (Å²) < 4.78 is 38.2. The highest BCUT2D eigenvalue weighted by atomic mass is 19.4. The van der Waals surface area contributed by atoms with E-state index in [9.17, 15) is 18.0 Å². The van der Waals surface area contributed by atoms with E-state index in [0.29, 0.717) is 23.3 Å². The van der Waals surface area contributed by atoms with Crippen molar-refractivity contribution in [2.75, 3.05) is 0 Å². The highest BCUT2D eigenvalue weighted by Crippen LogP contribution is 2.60. The Bertz CT molecular complexity index is 676. The molecule has 4 fully saturated rings. The van der Waals surface area contributed by atoms with Crippen LogP contribution in [0.3, 0.4) is 0 Å². The average Bonchev–Trinajstić information content (AvgIpc) is 2.53. The first-order chi connectivity index (χ1) is 11.8. The molecule has 0 saturated heterocycles. The Kier molecular flexibility index (Phi) is 3.89. The van der Waals surface area contributed by atoms with Gasteiger partial charge >= 0.3 is 6.18 Å². The molecule has 4 aliphatic carbocycles. The van der Waals surface area contributed by atoms with Crippen LogP contribution in [0.5, 0.6) is 0 Å². The van der Waals surface area contributed by atoms with Crippen molar-refractivity contribution in [1.29, 1.82) is 0 Å². The molecule has 6 heteroatoms. The number of hydrogen-bond donors (Lipinski definition) is 1. The van der Waals surface area contributed by atoms with Crippen molar-refractivity contribution >= 4 is 12.1 Å². The molecule has 4 aliphatic rings. The minimum Gasteiger partial charge on any atom is -0.273 e. The summed E-state index contributed by atoms with van der Waals surface area (Å²) in [6.45, 7) is 0. The summed E-state index contributed by atoms with van der Waals surface area (Å²) in [4.78, 5) is 12.7. The van der Waals surface area contributed by atoms with Gasteiger partial charge in [-0.15, -0.1) is 0 Å². The normalized spacial score (nSPS) is 33.8. The van der Waals surface area contributed by atoms with Gasteiger partial charge in [0.15, 0.2) is 0 Å². The van der Waals surface area contributed by atoms with Crippen LogP contribution in [0.1, 0.15) is 49.7 Å². The maximum atomic E-state index is 12.7. The Morgan fingerprint density at radius 3 is 2.28 bits per heavy atom. The minimum absolute atomic E-state index is 0.0603. The Morgan fingerprint density at radius 1 is 1.12 bits per heavy atom. The van der Waals surface area contributed by atoms with Crippen LogP contribution in [0, 0.1) is 23.2 Å². The van der Waals surface area contributed by atoms with Crippen LogP contribution in [0.2, 0.25) is 0 Å². The number of nitrogens with one attached hydrogen (secondary N) is 1. The second-order valence-electron chi connectivity index (χ2n) is 8.02. The van der Waals surface area contributed by atoms with E-state index in [1.807, 2.05) is 0 Å². The molecule has 3 nitrogen and oxygen atoms in total. The summed E-state index contributed by atoms with van der Waals surface area (Å²) in [5, 5.41) is 3.93. The summed E-state index contributed by atoms with van der Waals surface area (Å²) in [6, 6.07) is 4.92. The molecule has 0 aromatic heterocycles. The summed E-state index contributed by atoms with van der Waals surface area (Å²) in [6.07, 6.45) is 3.46. The molecule has 0 radical (unpaired) electrons. The predicted molar refractivity (Wildman–Crippen MR) is 87.8 cm³/mol. The van der Waals surface area contributed by atoms with Gasteiger partial charge in [0.05, 0.1) is 17.2 Å². The molecular formula is C19H21F3N2O. The van der Waals surface area contributed by atoms with Gasteiger partial charge < -0.3 is 0 Å². The minimum atomic E-state index is -4.38. The molecule has 134 valence electrons. The highest BCUT2D eigenvalue weighted by Gasteiger charge is 2.54. The fourth-order valence-corrected chi connectivity index (χ4v) is 5.47. The van der Waals surface area contributed by atoms with E-state index < -0.39 is 11.7 Å². The molecule has 1 aromatic rings. The zero-order chi connectivity index (χ0) is 17.7. The van der Waals surface area contributed by atoms with E-state index >= 15 is 0 Å². The number of halogens is 3. The lowest BCUT2D eigenvalue weighted by Gasteiger charge is -2.55. The number of amides is 1. The molecule has 0 heterocycles. The van der Waals surface area contributed by atoms with Gasteiger partial charge in [-0.2, -0.15) is 18.3 Å². The molecule has 1 N–H and O–H groups in total. The zero-order valence-electron chi connectivity index (χ0n) is 13.9. The van der Waals surface area contributed by atoms with Crippen molar-refractivity contribution in [3.8, 4) is 0 Å². The molecule has 1 amide bonds. The highest BCUT2D eigenvalue weighted by molar-refractivity contribution is 5.85. The fraction of sp³-hybridized carbons (Fsp3) is 0.579. The second-order valence-corrected chi connectivity index (χ2v) is 8.02. The Hall–Kier alpha value is -1.85. The van der Waals surface area contributed by atoms with Gasteiger partial charge in [0.25, 0.3) is 0 Å². The van der Waals surface area contributed by atoms with E-state index in [-0.39, 0.29) is 11.3 Å². The predicted octanol–water partition coefficient (Wildman–Crippen LogP) is 4.37. The summed E-state index contributed by atoms with van der Waals surface area (Å²) in [5.41, 5.74) is 1.89. The van der Waals surface area contributed by atoms with Gasteiger partial charge in [0.1, 0.15) is 0 Å². The molecule has 4 bridgehead atoms. The first-order valence-corrected chi connectivity index (χ1v) is 8.85. The molecule has 0 aliphatic heterocycles. The van der Waals surface area contributed by atoms with Gasteiger partial charge in [-0.1, -0.05) is 12.1 Å². The molecule has 1 aromatic carbocycles. The molecule has 25 heavy (non-hydrogen) atoms. The number of carbonyl (C=O) groups excluding carboxylic acids is 1. The zero-order valence-corrected chi connectivity index (χ0v) is 13.9. The molecule has 0 spiro atoms. The van der Waals surface area contributed by atoms with Crippen LogP contribution in [0.15, 0.2) is 29.4 Å². The number of hydrogen-bond acceptors (Lipinski definition) is 2. The molecular weight excluding hydrogens is 329 g/mol. The van der Waals surface area contributed by atoms with E-state index in [2.05, 4.69) is 10.5 Å². The Labute approximate surface area is 144 Å². The van der Waals surface area contributed by atoms with E-state index in [0.717, 1.165) is 31.4 Å². The summed E-state index contributed by atoms with van der Waals surface area (Å²) in [7, 11) is 0. The van der Waals surface area contributed by atoms with Crippen molar-refractivity contribution in [1.82, 2.24) is 5.43 Å². The molecule has 4 saturated carbocycles. The molecule has 0 atom stereocenters. The van der Waals surface area contributed by atoms with Crippen molar-refractivity contribution in [2.24, 2.45) is 28.3 Å². The van der Waals surface area contributed by atoms with Gasteiger partial charge in [-0.3, -0.25) is 4.79 Å². The van der Waals surface area contributed by atoms with Gasteiger partial charge in [0, 0.05) is 0 Å². The Morgan fingerprint density at radius 2 is 1.72 bits per heavy atom. The van der Waals surface area contributed by atoms with Gasteiger partial charge in [-0.05, 0) is 74.0 Å². The third kappa shape index (κ3) is 3.18. The monoisotopic (exact) mass is 350 g/mol. The maximum Gasteiger partial charge on any atom is 0.416 e. The quantitative estimate of drug-likeness (QED) is 0.638. The summed E-state index contributed by atoms with van der Waals surface area (Å²) in [5.74, 6) is 1.91. The SMILES string of the molecule is O=C(N/N=C/c1cccc(C(F)(F)F)c1)C12CC3CC(CC(C3)C1)C2. The average molecular weight is 350 g/mol. The number of nitrogens with zero attached hydrogens (tertiary/aromatic N) is 1. The smallest absolute Gasteiger partial charge is 0.273 e. The first kappa shape index (κ1) is 16.6. The van der Waals surface area contributed by atoms with Crippen LogP contribution in [-0.2, 0) is 11.0 Å². The fourth-order valence-electron chi connectivity index (χ4n) is 5.47. The topological polar surface area (TPSA) is 41.5 Å². The number of carbonyl (C=O) groups is 1. The summed E-state index contributed by atoms with van der Waals surface area (Å²) >= 11 is 0. The van der Waals surface area contributed by atoms with Crippen LogP contribution in [0.4, 0.5) is 13.2 Å². The van der Waals surface area contributed by atoms with Crippen molar-refractivity contribution in [3.05, 3.63) is 35.4 Å². The molecule has 5 rings (SSSR count). The van der Waals surface area contributed by atoms with E-state index in [1.165, 1.54) is 37.6 Å². The lowest BCUT2D eigenvalue weighted by molar-refractivity contribution is -0.146. The molecule has 0 unspecified atom stereocenters. The van der Waals surface area contributed by atoms with Gasteiger partial charge in [0.2, 0.25) is 5.91 Å². The van der Waals surface area contributed by atoms with Crippen molar-refractivity contribution in [2.45, 2.75) is 44.7 Å². The van der Waals surface area contributed by atoms with Crippen LogP contribution in [0.25, 0.3) is 0 Å². The lowest BCUT2D eigenvalue weighted by atomic mass is 9.49. The van der Waals surface area contributed by atoms with Crippen LogP contribution >= 0.6 is 0 Å². The van der Waals surface area contributed by atoms with E-state index in [4.69, 9.17) is 0 Å². The first-order valence-electron chi connectivity index (χ1n) is 8.85. The largest absolute Gasteiger partial charge is 0.416 e. The van der Waals surface area contributed by atoms with Crippen molar-refractivity contribution in [3.63, 3.8) is 0 Å². The van der Waals surface area contributed by atoms with Crippen molar-refractivity contribution < 1.29 is 18.0 Å².